The van der Waals surface area contributed by atoms with E-state index in [1.165, 1.54) is 19.3 Å². The maximum Gasteiger partial charge on any atom is 0.292 e. The zero-order valence-electron chi connectivity index (χ0n) is 29.8. The second-order valence-corrected chi connectivity index (χ2v) is 33.9. The zero-order chi connectivity index (χ0) is 32.2. The SMILES string of the molecule is CCCCCC(/C=C/C1OC(C(CCCCCCC(=O)O[Si](C)(C)C)O[Si](C)(C)C)CC1O[Si](C)(C)C)O[Si](C)(C)C. The highest BCUT2D eigenvalue weighted by Gasteiger charge is 2.42. The van der Waals surface area contributed by atoms with E-state index in [0.717, 1.165) is 44.9 Å². The number of ether oxygens (including phenoxy) is 1. The first kappa shape index (κ1) is 39.9. The standard InChI is InChI=1S/C32H68O6Si4/c1-14-15-18-21-27(35-39(2,3)4)24-25-28-31(37-41(8,9)10)26-30(34-28)29(36-40(5,6)7)22-19-16-17-20-23-32(33)38-42(11,12)13/h24-25,27-31H,14-23,26H2,1-13H3/b25-24+. The van der Waals surface area contributed by atoms with Crippen molar-refractivity contribution in [3.8, 4) is 0 Å². The van der Waals surface area contributed by atoms with E-state index in [9.17, 15) is 4.79 Å². The first-order chi connectivity index (χ1) is 19.2. The molecule has 6 nitrogen and oxygen atoms in total. The van der Waals surface area contributed by atoms with Gasteiger partial charge in [0, 0.05) is 12.8 Å². The molecule has 0 amide bonds. The summed E-state index contributed by atoms with van der Waals surface area (Å²) in [4.78, 5) is 12.1. The number of carbonyl (C=O) groups excluding carboxylic acids is 1. The molecule has 1 fully saturated rings. The third-order valence-electron chi connectivity index (χ3n) is 6.74. The van der Waals surface area contributed by atoms with Crippen LogP contribution in [0.3, 0.4) is 0 Å². The van der Waals surface area contributed by atoms with Gasteiger partial charge in [-0.1, -0.05) is 57.6 Å². The highest BCUT2D eigenvalue weighted by atomic mass is 28.4. The fourth-order valence-electron chi connectivity index (χ4n) is 5.30. The summed E-state index contributed by atoms with van der Waals surface area (Å²) in [5, 5.41) is 0. The Kier molecular flexibility index (Phi) is 17.3. The van der Waals surface area contributed by atoms with Crippen LogP contribution in [0.1, 0.15) is 77.6 Å². The molecule has 1 aliphatic rings. The zero-order valence-corrected chi connectivity index (χ0v) is 33.8. The van der Waals surface area contributed by atoms with E-state index in [-0.39, 0.29) is 36.5 Å². The third-order valence-corrected chi connectivity index (χ3v) is 10.6. The van der Waals surface area contributed by atoms with E-state index in [4.69, 9.17) is 22.4 Å². The van der Waals surface area contributed by atoms with Gasteiger partial charge in [-0.05, 0) is 97.8 Å². The van der Waals surface area contributed by atoms with Gasteiger partial charge < -0.3 is 22.4 Å². The van der Waals surface area contributed by atoms with Crippen molar-refractivity contribution in [1.82, 2.24) is 0 Å². The fraction of sp³-hybridized carbons (Fsp3) is 0.906. The van der Waals surface area contributed by atoms with E-state index < -0.39 is 33.3 Å². The maximum atomic E-state index is 12.1. The minimum Gasteiger partial charge on any atom is -0.520 e. The van der Waals surface area contributed by atoms with Crippen molar-refractivity contribution in [2.75, 3.05) is 0 Å². The smallest absolute Gasteiger partial charge is 0.292 e. The number of rotatable bonds is 21. The van der Waals surface area contributed by atoms with Crippen LogP contribution in [0, 0.1) is 0 Å². The normalized spacial score (nSPS) is 22.1. The molecule has 248 valence electrons. The van der Waals surface area contributed by atoms with Crippen LogP contribution in [-0.4, -0.2) is 69.8 Å². The van der Waals surface area contributed by atoms with Gasteiger partial charge in [0.05, 0.1) is 24.4 Å². The van der Waals surface area contributed by atoms with Gasteiger partial charge in [0.15, 0.2) is 25.0 Å². The van der Waals surface area contributed by atoms with Gasteiger partial charge in [-0.3, -0.25) is 4.79 Å². The summed E-state index contributed by atoms with van der Waals surface area (Å²) < 4.78 is 32.4. The molecule has 42 heavy (non-hydrogen) atoms. The first-order valence-corrected chi connectivity index (χ1v) is 30.4. The Balaban J connectivity index is 2.91. The summed E-state index contributed by atoms with van der Waals surface area (Å²) in [6.45, 7) is 28.8. The molecule has 0 bridgehead atoms. The molecule has 0 aliphatic carbocycles. The predicted octanol–water partition coefficient (Wildman–Crippen LogP) is 9.66. The third kappa shape index (κ3) is 20.0. The minimum absolute atomic E-state index is 0.0240. The van der Waals surface area contributed by atoms with Crippen LogP contribution >= 0.6 is 0 Å². The van der Waals surface area contributed by atoms with Crippen LogP contribution < -0.4 is 0 Å². The molecule has 0 saturated carbocycles. The van der Waals surface area contributed by atoms with Crippen LogP contribution in [0.2, 0.25) is 78.6 Å². The Bertz CT molecular complexity index is 795. The molecule has 0 radical (unpaired) electrons. The molecule has 0 aromatic rings. The minimum atomic E-state index is -1.80. The van der Waals surface area contributed by atoms with Gasteiger partial charge in [0.2, 0.25) is 8.32 Å². The molecule has 1 saturated heterocycles. The Morgan fingerprint density at radius 3 is 1.90 bits per heavy atom. The molecule has 1 aliphatic heterocycles. The van der Waals surface area contributed by atoms with Crippen molar-refractivity contribution >= 4 is 39.2 Å². The van der Waals surface area contributed by atoms with E-state index in [1.807, 2.05) is 0 Å². The predicted molar refractivity (Wildman–Crippen MR) is 188 cm³/mol. The number of unbranched alkanes of at least 4 members (excludes halogenated alkanes) is 5. The molecule has 0 aromatic heterocycles. The molecule has 1 rings (SSSR count). The molecule has 1 heterocycles. The van der Waals surface area contributed by atoms with Gasteiger partial charge in [-0.15, -0.1) is 0 Å². The number of hydrogen-bond acceptors (Lipinski definition) is 6. The van der Waals surface area contributed by atoms with Crippen molar-refractivity contribution in [2.45, 2.75) is 187 Å². The monoisotopic (exact) mass is 660 g/mol. The largest absolute Gasteiger partial charge is 0.520 e. The van der Waals surface area contributed by atoms with Crippen molar-refractivity contribution < 1.29 is 27.2 Å². The Morgan fingerprint density at radius 1 is 0.762 bits per heavy atom. The molecular formula is C32H68O6Si4. The summed E-state index contributed by atoms with van der Waals surface area (Å²) >= 11 is 0. The second kappa shape index (κ2) is 18.2. The average Bonchev–Trinajstić information content (AvgIpc) is 3.17. The van der Waals surface area contributed by atoms with Crippen molar-refractivity contribution in [1.29, 1.82) is 0 Å². The van der Waals surface area contributed by atoms with Gasteiger partial charge in [0.25, 0.3) is 5.97 Å². The van der Waals surface area contributed by atoms with Gasteiger partial charge in [-0.25, -0.2) is 0 Å². The van der Waals surface area contributed by atoms with E-state index in [2.05, 4.69) is 97.6 Å². The fourth-order valence-corrected chi connectivity index (χ4v) is 9.51. The van der Waals surface area contributed by atoms with Crippen molar-refractivity contribution in [3.05, 3.63) is 12.2 Å². The molecule has 0 spiro atoms. The van der Waals surface area contributed by atoms with E-state index >= 15 is 0 Å². The van der Waals surface area contributed by atoms with Crippen LogP contribution in [0.25, 0.3) is 0 Å². The molecule has 5 atom stereocenters. The Hall–Kier alpha value is -0.0825. The number of hydrogen-bond donors (Lipinski definition) is 0. The van der Waals surface area contributed by atoms with Crippen LogP contribution in [0.5, 0.6) is 0 Å². The maximum absolute atomic E-state index is 12.1. The lowest BCUT2D eigenvalue weighted by molar-refractivity contribution is -0.135. The number of carbonyl (C=O) groups is 1. The molecule has 0 N–H and O–H groups in total. The lowest BCUT2D eigenvalue weighted by atomic mass is 10.0. The highest BCUT2D eigenvalue weighted by Crippen LogP contribution is 2.33. The molecule has 0 aromatic carbocycles. The molecule has 10 heteroatoms. The quantitative estimate of drug-likeness (QED) is 0.0694. The summed E-state index contributed by atoms with van der Waals surface area (Å²) in [6.07, 6.45) is 15.9. The van der Waals surface area contributed by atoms with Crippen molar-refractivity contribution in [2.24, 2.45) is 0 Å². The average molecular weight is 661 g/mol. The highest BCUT2D eigenvalue weighted by molar-refractivity contribution is 6.71. The van der Waals surface area contributed by atoms with Gasteiger partial charge in [0.1, 0.15) is 6.10 Å². The van der Waals surface area contributed by atoms with Crippen LogP contribution in [-0.2, 0) is 27.2 Å². The molecular weight excluding hydrogens is 593 g/mol. The molecule has 5 unspecified atom stereocenters. The van der Waals surface area contributed by atoms with Gasteiger partial charge >= 0.3 is 0 Å². The van der Waals surface area contributed by atoms with Crippen LogP contribution in [0.4, 0.5) is 0 Å². The Morgan fingerprint density at radius 2 is 1.36 bits per heavy atom. The van der Waals surface area contributed by atoms with Crippen LogP contribution in [0.15, 0.2) is 12.2 Å². The van der Waals surface area contributed by atoms with Gasteiger partial charge in [-0.2, -0.15) is 0 Å². The first-order valence-electron chi connectivity index (χ1n) is 16.8. The summed E-state index contributed by atoms with van der Waals surface area (Å²) in [6, 6.07) is 0. The van der Waals surface area contributed by atoms with E-state index in [0.29, 0.717) is 6.42 Å². The second-order valence-electron chi connectivity index (χ2n) is 16.1. The lowest BCUT2D eigenvalue weighted by Crippen LogP contribution is -2.39. The Labute approximate surface area is 264 Å². The summed E-state index contributed by atoms with van der Waals surface area (Å²) in [5.41, 5.74) is 0. The summed E-state index contributed by atoms with van der Waals surface area (Å²) in [5.74, 6) is -0.0381. The topological polar surface area (TPSA) is 63.2 Å². The van der Waals surface area contributed by atoms with Crippen molar-refractivity contribution in [3.63, 3.8) is 0 Å². The lowest BCUT2D eigenvalue weighted by Gasteiger charge is -2.30. The summed E-state index contributed by atoms with van der Waals surface area (Å²) in [7, 11) is -7.01. The van der Waals surface area contributed by atoms with E-state index in [1.54, 1.807) is 0 Å².